The van der Waals surface area contributed by atoms with Gasteiger partial charge in [-0.15, -0.1) is 0 Å². The molecule has 5 N–H and O–H groups in total. The maximum absolute atomic E-state index is 12.2. The van der Waals surface area contributed by atoms with Crippen LogP contribution in [0.15, 0.2) is 24.3 Å². The number of nitrogens with two attached hydrogens (primary N) is 2. The number of benzene rings is 1. The standard InChI is InChI=1S/C23H29N5O3/c1-13-5-7-16(29)14(2)19(13)28-20(24)18(21(25)30)15-6-8-17(26-22(15)28)31-12-23(9-10-23)11-27(3)4/h5-8,29H,9-12,24H2,1-4H3,(H2,25,30). The maximum Gasteiger partial charge on any atom is 0.253 e. The molecule has 164 valence electrons. The van der Waals surface area contributed by atoms with E-state index in [0.29, 0.717) is 34.8 Å². The highest BCUT2D eigenvalue weighted by atomic mass is 16.5. The van der Waals surface area contributed by atoms with Gasteiger partial charge in [-0.3, -0.25) is 9.36 Å². The molecule has 1 saturated carbocycles. The minimum absolute atomic E-state index is 0.134. The van der Waals surface area contributed by atoms with Gasteiger partial charge in [0.05, 0.1) is 17.9 Å². The second-order valence-corrected chi connectivity index (χ2v) is 8.88. The van der Waals surface area contributed by atoms with Gasteiger partial charge in [0.25, 0.3) is 5.91 Å². The maximum atomic E-state index is 12.2. The van der Waals surface area contributed by atoms with Crippen molar-refractivity contribution >= 4 is 22.8 Å². The van der Waals surface area contributed by atoms with E-state index >= 15 is 0 Å². The average molecular weight is 424 g/mol. The number of phenols is 1. The molecule has 1 fully saturated rings. The minimum atomic E-state index is -0.630. The molecule has 1 aromatic carbocycles. The Bertz CT molecular complexity index is 1180. The zero-order valence-electron chi connectivity index (χ0n) is 18.4. The van der Waals surface area contributed by atoms with Crippen LogP contribution in [0.2, 0.25) is 0 Å². The van der Waals surface area contributed by atoms with Gasteiger partial charge >= 0.3 is 0 Å². The normalized spacial score (nSPS) is 14.9. The number of anilines is 1. The SMILES string of the molecule is Cc1ccc(O)c(C)c1-n1c(N)c(C(N)=O)c2ccc(OCC3(CN(C)C)CC3)nc21. The number of phenolic OH excluding ortho intramolecular Hbond substituents is 1. The van der Waals surface area contributed by atoms with Gasteiger partial charge in [-0.05, 0) is 58.5 Å². The van der Waals surface area contributed by atoms with Crippen molar-refractivity contribution in [2.45, 2.75) is 26.7 Å². The number of fused-ring (bicyclic) bond motifs is 1. The third-order valence-electron chi connectivity index (χ3n) is 6.04. The highest BCUT2D eigenvalue weighted by Gasteiger charge is 2.44. The first-order chi connectivity index (χ1) is 14.6. The Balaban J connectivity index is 1.83. The summed E-state index contributed by atoms with van der Waals surface area (Å²) < 4.78 is 7.75. The number of nitrogen functional groups attached to an aromatic ring is 1. The van der Waals surface area contributed by atoms with Crippen molar-refractivity contribution in [2.24, 2.45) is 11.1 Å². The van der Waals surface area contributed by atoms with Gasteiger partial charge in [0.15, 0.2) is 5.65 Å². The molecule has 2 aromatic heterocycles. The van der Waals surface area contributed by atoms with Crippen LogP contribution in [0, 0.1) is 19.3 Å². The largest absolute Gasteiger partial charge is 0.508 e. The second-order valence-electron chi connectivity index (χ2n) is 8.88. The van der Waals surface area contributed by atoms with E-state index in [4.69, 9.17) is 21.2 Å². The molecule has 0 bridgehead atoms. The van der Waals surface area contributed by atoms with Crippen LogP contribution in [0.4, 0.5) is 5.82 Å². The van der Waals surface area contributed by atoms with Crippen molar-refractivity contribution in [3.63, 3.8) is 0 Å². The molecule has 0 atom stereocenters. The number of nitrogens with zero attached hydrogens (tertiary/aromatic N) is 3. The van der Waals surface area contributed by atoms with E-state index in [9.17, 15) is 9.90 Å². The number of rotatable bonds is 7. The van der Waals surface area contributed by atoms with Crippen LogP contribution in [-0.4, -0.2) is 52.7 Å². The van der Waals surface area contributed by atoms with E-state index < -0.39 is 5.91 Å². The summed E-state index contributed by atoms with van der Waals surface area (Å²) in [4.78, 5) is 19.1. The molecule has 8 heteroatoms. The number of hydrogen-bond donors (Lipinski definition) is 3. The zero-order chi connectivity index (χ0) is 22.5. The number of primary amides is 1. The smallest absolute Gasteiger partial charge is 0.253 e. The summed E-state index contributed by atoms with van der Waals surface area (Å²) in [5.74, 6) is 0.155. The molecule has 31 heavy (non-hydrogen) atoms. The predicted molar refractivity (Wildman–Crippen MR) is 121 cm³/mol. The zero-order valence-corrected chi connectivity index (χ0v) is 18.4. The number of pyridine rings is 1. The van der Waals surface area contributed by atoms with Gasteiger partial charge in [0, 0.05) is 29.0 Å². The van der Waals surface area contributed by atoms with E-state index in [1.54, 1.807) is 35.8 Å². The summed E-state index contributed by atoms with van der Waals surface area (Å²) in [7, 11) is 4.12. The first-order valence-corrected chi connectivity index (χ1v) is 10.3. The predicted octanol–water partition coefficient (Wildman–Crippen LogP) is 2.75. The van der Waals surface area contributed by atoms with E-state index in [-0.39, 0.29) is 22.5 Å². The van der Waals surface area contributed by atoms with Crippen LogP contribution < -0.4 is 16.2 Å². The van der Waals surface area contributed by atoms with Gasteiger partial charge in [0.1, 0.15) is 11.6 Å². The number of aromatic hydroxyl groups is 1. The Kier molecular flexibility index (Phi) is 5.05. The van der Waals surface area contributed by atoms with Crippen molar-refractivity contribution in [3.05, 3.63) is 41.0 Å². The van der Waals surface area contributed by atoms with Gasteiger partial charge in [-0.1, -0.05) is 6.07 Å². The molecule has 0 aliphatic heterocycles. The van der Waals surface area contributed by atoms with Gasteiger partial charge in [-0.2, -0.15) is 4.98 Å². The summed E-state index contributed by atoms with van der Waals surface area (Å²) in [5.41, 5.74) is 15.1. The number of aryl methyl sites for hydroxylation is 1. The quantitative estimate of drug-likeness (QED) is 0.537. The monoisotopic (exact) mass is 423 g/mol. The second kappa shape index (κ2) is 7.46. The number of aromatic nitrogens is 2. The molecule has 1 aliphatic carbocycles. The number of amides is 1. The Morgan fingerprint density at radius 2 is 1.97 bits per heavy atom. The Morgan fingerprint density at radius 3 is 2.58 bits per heavy atom. The minimum Gasteiger partial charge on any atom is -0.508 e. The topological polar surface area (TPSA) is 120 Å². The molecular formula is C23H29N5O3. The van der Waals surface area contributed by atoms with E-state index in [1.807, 2.05) is 6.92 Å². The molecule has 4 rings (SSSR count). The van der Waals surface area contributed by atoms with Crippen molar-refractivity contribution < 1.29 is 14.6 Å². The van der Waals surface area contributed by atoms with Gasteiger partial charge in [-0.25, -0.2) is 0 Å². The van der Waals surface area contributed by atoms with Crippen LogP contribution in [0.5, 0.6) is 11.6 Å². The number of carbonyl (C=O) groups excluding carboxylic acids is 1. The molecule has 8 nitrogen and oxygen atoms in total. The summed E-state index contributed by atoms with van der Waals surface area (Å²) >= 11 is 0. The molecule has 0 spiro atoms. The van der Waals surface area contributed by atoms with Crippen molar-refractivity contribution in [1.82, 2.24) is 14.5 Å². The van der Waals surface area contributed by atoms with Crippen LogP contribution >= 0.6 is 0 Å². The molecule has 1 amide bonds. The Morgan fingerprint density at radius 1 is 1.26 bits per heavy atom. The van der Waals surface area contributed by atoms with Crippen molar-refractivity contribution in [2.75, 3.05) is 33.0 Å². The van der Waals surface area contributed by atoms with Crippen LogP contribution in [-0.2, 0) is 0 Å². The number of hydrogen-bond acceptors (Lipinski definition) is 6. The van der Waals surface area contributed by atoms with E-state index in [1.165, 1.54) is 0 Å². The summed E-state index contributed by atoms with van der Waals surface area (Å²) in [6, 6.07) is 6.94. The lowest BCUT2D eigenvalue weighted by Gasteiger charge is -2.20. The molecule has 2 heterocycles. The molecular weight excluding hydrogens is 394 g/mol. The third-order valence-corrected chi connectivity index (χ3v) is 6.04. The van der Waals surface area contributed by atoms with Crippen molar-refractivity contribution in [3.8, 4) is 17.3 Å². The summed E-state index contributed by atoms with van der Waals surface area (Å²) in [6.45, 7) is 5.25. The van der Waals surface area contributed by atoms with Gasteiger partial charge in [0.2, 0.25) is 5.88 Å². The van der Waals surface area contributed by atoms with Gasteiger partial charge < -0.3 is 26.2 Å². The third kappa shape index (κ3) is 3.67. The van der Waals surface area contributed by atoms with Crippen molar-refractivity contribution in [1.29, 1.82) is 0 Å². The first-order valence-electron chi connectivity index (χ1n) is 10.3. The fourth-order valence-electron chi connectivity index (χ4n) is 4.32. The molecule has 0 saturated heterocycles. The number of carbonyl (C=O) groups is 1. The Hall–Kier alpha value is -3.26. The van der Waals surface area contributed by atoms with Crippen LogP contribution in [0.25, 0.3) is 16.7 Å². The summed E-state index contributed by atoms with van der Waals surface area (Å²) in [5, 5.41) is 10.8. The molecule has 0 radical (unpaired) electrons. The van der Waals surface area contributed by atoms with Crippen LogP contribution in [0.1, 0.15) is 34.3 Å². The lowest BCUT2D eigenvalue weighted by atomic mass is 10.1. The first kappa shape index (κ1) is 21.0. The lowest BCUT2D eigenvalue weighted by Crippen LogP contribution is -2.27. The average Bonchev–Trinajstić information content (AvgIpc) is 3.39. The molecule has 0 unspecified atom stereocenters. The van der Waals surface area contributed by atoms with Crippen LogP contribution in [0.3, 0.4) is 0 Å². The fourth-order valence-corrected chi connectivity index (χ4v) is 4.32. The number of ether oxygens (including phenoxy) is 1. The summed E-state index contributed by atoms with van der Waals surface area (Å²) in [6.07, 6.45) is 2.26. The highest BCUT2D eigenvalue weighted by molar-refractivity contribution is 6.11. The van der Waals surface area contributed by atoms with E-state index in [0.717, 1.165) is 24.9 Å². The Labute approximate surface area is 181 Å². The highest BCUT2D eigenvalue weighted by Crippen LogP contribution is 2.46. The fraction of sp³-hybridized carbons (Fsp3) is 0.391. The van der Waals surface area contributed by atoms with E-state index in [2.05, 4.69) is 19.0 Å². The molecule has 3 aromatic rings. The lowest BCUT2D eigenvalue weighted by molar-refractivity contribution is 0.100. The molecule has 1 aliphatic rings.